The highest BCUT2D eigenvalue weighted by Gasteiger charge is 2.22. The van der Waals surface area contributed by atoms with Crippen molar-refractivity contribution in [2.45, 2.75) is 0 Å². The largest absolute Gasteiger partial charge is 0.456 e. The maximum absolute atomic E-state index is 6.93. The average Bonchev–Trinajstić information content (AvgIpc) is 3.90. The number of fused-ring (bicyclic) bond motifs is 9. The first-order valence-electron chi connectivity index (χ1n) is 17.5. The zero-order valence-corrected chi connectivity index (χ0v) is 27.9. The molecule has 244 valence electrons. The van der Waals surface area contributed by atoms with E-state index in [9.17, 15) is 0 Å². The standard InChI is InChI=1S/C48H29NO3/c1-2-11-30(12-3-1)34-15-9-18-39-40-19-10-20-42(48(40)52-47(34)39)49(33-27-28-45-41(29-33)37-14-5-6-21-43(37)50-45)32-25-23-31(24-26-32)35-16-8-17-38-36-13-4-7-22-44(36)51-46(35)38/h1-29H. The highest BCUT2D eigenvalue weighted by molar-refractivity contribution is 6.14. The van der Waals surface area contributed by atoms with Crippen molar-refractivity contribution in [3.63, 3.8) is 0 Å². The Morgan fingerprint density at radius 1 is 0.308 bits per heavy atom. The molecule has 0 bridgehead atoms. The first-order valence-corrected chi connectivity index (χ1v) is 17.5. The van der Waals surface area contributed by atoms with E-state index in [2.05, 4.69) is 150 Å². The van der Waals surface area contributed by atoms with Gasteiger partial charge in [-0.25, -0.2) is 0 Å². The van der Waals surface area contributed by atoms with E-state index in [0.29, 0.717) is 0 Å². The molecule has 11 rings (SSSR count). The maximum Gasteiger partial charge on any atom is 0.159 e. The number of rotatable bonds is 5. The number of furan rings is 3. The Labute approximate surface area is 298 Å². The molecule has 0 saturated carbocycles. The van der Waals surface area contributed by atoms with Crippen LogP contribution in [-0.4, -0.2) is 0 Å². The Kier molecular flexibility index (Phi) is 6.22. The van der Waals surface area contributed by atoms with E-state index >= 15 is 0 Å². The van der Waals surface area contributed by atoms with Gasteiger partial charge in [-0.3, -0.25) is 0 Å². The molecule has 0 atom stereocenters. The van der Waals surface area contributed by atoms with Crippen LogP contribution >= 0.6 is 0 Å². The topological polar surface area (TPSA) is 42.7 Å². The molecule has 3 aromatic heterocycles. The van der Waals surface area contributed by atoms with Crippen molar-refractivity contribution in [3.05, 3.63) is 176 Å². The summed E-state index contributed by atoms with van der Waals surface area (Å²) in [5.74, 6) is 0. The summed E-state index contributed by atoms with van der Waals surface area (Å²) in [6.07, 6.45) is 0. The second kappa shape index (κ2) is 11.2. The van der Waals surface area contributed by atoms with Gasteiger partial charge in [0.25, 0.3) is 0 Å². The molecule has 0 N–H and O–H groups in total. The van der Waals surface area contributed by atoms with Crippen LogP contribution in [0.2, 0.25) is 0 Å². The number of hydrogen-bond acceptors (Lipinski definition) is 4. The third-order valence-corrected chi connectivity index (χ3v) is 10.3. The fourth-order valence-electron chi connectivity index (χ4n) is 7.87. The highest BCUT2D eigenvalue weighted by atomic mass is 16.3. The average molecular weight is 668 g/mol. The van der Waals surface area contributed by atoms with Gasteiger partial charge in [0.15, 0.2) is 5.58 Å². The minimum atomic E-state index is 0.828. The van der Waals surface area contributed by atoms with Gasteiger partial charge in [0, 0.05) is 54.8 Å². The van der Waals surface area contributed by atoms with Crippen LogP contribution in [0.25, 0.3) is 88.1 Å². The molecule has 4 heteroatoms. The van der Waals surface area contributed by atoms with Crippen molar-refractivity contribution in [2.24, 2.45) is 0 Å². The zero-order valence-electron chi connectivity index (χ0n) is 27.9. The zero-order chi connectivity index (χ0) is 34.2. The van der Waals surface area contributed by atoms with Crippen molar-refractivity contribution in [3.8, 4) is 22.3 Å². The first-order chi connectivity index (χ1) is 25.8. The molecule has 52 heavy (non-hydrogen) atoms. The number of benzene rings is 8. The smallest absolute Gasteiger partial charge is 0.159 e. The Morgan fingerprint density at radius 3 is 1.58 bits per heavy atom. The second-order valence-electron chi connectivity index (χ2n) is 13.2. The summed E-state index contributed by atoms with van der Waals surface area (Å²) >= 11 is 0. The first kappa shape index (κ1) is 28.8. The summed E-state index contributed by atoms with van der Waals surface area (Å²) in [6.45, 7) is 0. The van der Waals surface area contributed by atoms with Crippen molar-refractivity contribution < 1.29 is 13.3 Å². The molecule has 0 saturated heterocycles. The fourth-order valence-corrected chi connectivity index (χ4v) is 7.87. The summed E-state index contributed by atoms with van der Waals surface area (Å²) in [7, 11) is 0. The molecule has 0 aliphatic carbocycles. The van der Waals surface area contributed by atoms with E-state index in [1.807, 2.05) is 30.3 Å². The quantitative estimate of drug-likeness (QED) is 0.183. The summed E-state index contributed by atoms with van der Waals surface area (Å²) in [5.41, 5.74) is 12.5. The minimum absolute atomic E-state index is 0.828. The van der Waals surface area contributed by atoms with E-state index in [1.54, 1.807) is 0 Å². The molecule has 0 unspecified atom stereocenters. The van der Waals surface area contributed by atoms with Gasteiger partial charge >= 0.3 is 0 Å². The lowest BCUT2D eigenvalue weighted by Crippen LogP contribution is -2.10. The van der Waals surface area contributed by atoms with Crippen LogP contribution in [0, 0.1) is 0 Å². The van der Waals surface area contributed by atoms with E-state index in [-0.39, 0.29) is 0 Å². The molecular formula is C48H29NO3. The number of para-hydroxylation sites is 5. The van der Waals surface area contributed by atoms with Gasteiger partial charge in [-0.1, -0.05) is 127 Å². The molecular weight excluding hydrogens is 639 g/mol. The lowest BCUT2D eigenvalue weighted by Gasteiger charge is -2.26. The van der Waals surface area contributed by atoms with Crippen LogP contribution in [0.3, 0.4) is 0 Å². The molecule has 0 spiro atoms. The maximum atomic E-state index is 6.93. The molecule has 0 aliphatic rings. The monoisotopic (exact) mass is 667 g/mol. The number of nitrogens with zero attached hydrogens (tertiary/aromatic N) is 1. The lowest BCUT2D eigenvalue weighted by molar-refractivity contribution is 0.669. The predicted octanol–water partition coefficient (Wildman–Crippen LogP) is 14.2. The Hall–Kier alpha value is -7.04. The van der Waals surface area contributed by atoms with Crippen LogP contribution < -0.4 is 4.90 Å². The Morgan fingerprint density at radius 2 is 0.827 bits per heavy atom. The van der Waals surface area contributed by atoms with Gasteiger partial charge in [0.1, 0.15) is 27.9 Å². The molecule has 0 radical (unpaired) electrons. The third kappa shape index (κ3) is 4.34. The molecule has 0 aliphatic heterocycles. The molecule has 0 fully saturated rings. The lowest BCUT2D eigenvalue weighted by atomic mass is 10.0. The fraction of sp³-hybridized carbons (Fsp3) is 0. The van der Waals surface area contributed by atoms with Crippen LogP contribution in [0.4, 0.5) is 17.1 Å². The predicted molar refractivity (Wildman–Crippen MR) is 214 cm³/mol. The van der Waals surface area contributed by atoms with Gasteiger partial charge in [-0.05, 0) is 59.7 Å². The Bertz CT molecular complexity index is 3130. The van der Waals surface area contributed by atoms with Crippen molar-refractivity contribution in [2.75, 3.05) is 4.90 Å². The SMILES string of the molecule is c1ccc(-c2cccc3c2oc2c(N(c4ccc(-c5cccc6c5oc5ccccc56)cc4)c4ccc5oc6ccccc6c5c4)cccc23)cc1. The molecule has 11 aromatic rings. The summed E-state index contributed by atoms with van der Waals surface area (Å²) < 4.78 is 19.6. The van der Waals surface area contributed by atoms with Crippen LogP contribution in [0.15, 0.2) is 189 Å². The van der Waals surface area contributed by atoms with E-state index < -0.39 is 0 Å². The van der Waals surface area contributed by atoms with Gasteiger partial charge < -0.3 is 18.2 Å². The Balaban J connectivity index is 1.12. The summed E-state index contributed by atoms with van der Waals surface area (Å²) in [4.78, 5) is 2.29. The minimum Gasteiger partial charge on any atom is -0.456 e. The third-order valence-electron chi connectivity index (χ3n) is 10.3. The van der Waals surface area contributed by atoms with Crippen molar-refractivity contribution >= 4 is 82.9 Å². The number of anilines is 3. The highest BCUT2D eigenvalue weighted by Crippen LogP contribution is 2.46. The van der Waals surface area contributed by atoms with Gasteiger partial charge in [0.2, 0.25) is 0 Å². The molecule has 8 aromatic carbocycles. The van der Waals surface area contributed by atoms with E-state index in [0.717, 1.165) is 105 Å². The second-order valence-corrected chi connectivity index (χ2v) is 13.2. The number of hydrogen-bond donors (Lipinski definition) is 0. The van der Waals surface area contributed by atoms with E-state index in [4.69, 9.17) is 13.3 Å². The van der Waals surface area contributed by atoms with Crippen molar-refractivity contribution in [1.29, 1.82) is 0 Å². The van der Waals surface area contributed by atoms with E-state index in [1.165, 1.54) is 0 Å². The molecule has 3 heterocycles. The van der Waals surface area contributed by atoms with Crippen LogP contribution in [0.1, 0.15) is 0 Å². The molecule has 4 nitrogen and oxygen atoms in total. The molecule has 0 amide bonds. The summed E-state index contributed by atoms with van der Waals surface area (Å²) in [5, 5.41) is 6.55. The van der Waals surface area contributed by atoms with Gasteiger partial charge in [0.05, 0.1) is 5.69 Å². The van der Waals surface area contributed by atoms with Gasteiger partial charge in [-0.2, -0.15) is 0 Å². The van der Waals surface area contributed by atoms with Crippen LogP contribution in [0.5, 0.6) is 0 Å². The van der Waals surface area contributed by atoms with Gasteiger partial charge in [-0.15, -0.1) is 0 Å². The normalized spacial score (nSPS) is 11.8. The van der Waals surface area contributed by atoms with Crippen LogP contribution in [-0.2, 0) is 0 Å². The summed E-state index contributed by atoms with van der Waals surface area (Å²) in [6, 6.07) is 61.2. The van der Waals surface area contributed by atoms with Crippen molar-refractivity contribution in [1.82, 2.24) is 0 Å².